The Morgan fingerprint density at radius 3 is 2.74 bits per heavy atom. The fraction of sp³-hybridized carbons (Fsp3) is 0.727. The van der Waals surface area contributed by atoms with Crippen LogP contribution in [0.3, 0.4) is 0 Å². The van der Waals surface area contributed by atoms with Gasteiger partial charge in [0.1, 0.15) is 0 Å². The van der Waals surface area contributed by atoms with Gasteiger partial charge in [0.25, 0.3) is 0 Å². The molecule has 27 heavy (non-hydrogen) atoms. The van der Waals surface area contributed by atoms with E-state index in [1.54, 1.807) is 7.11 Å². The lowest BCUT2D eigenvalue weighted by Crippen LogP contribution is -2.59. The molecule has 5 nitrogen and oxygen atoms in total. The molecule has 1 saturated carbocycles. The minimum Gasteiger partial charge on any atom is -0.493 e. The Morgan fingerprint density at radius 2 is 1.89 bits per heavy atom. The average molecular weight is 373 g/mol. The quantitative estimate of drug-likeness (QED) is 0.806. The molecule has 1 aliphatic carbocycles. The largest absolute Gasteiger partial charge is 0.493 e. The lowest BCUT2D eigenvalue weighted by Gasteiger charge is -2.49. The minimum absolute atomic E-state index is 0.292. The lowest BCUT2D eigenvalue weighted by molar-refractivity contribution is -0.00384. The van der Waals surface area contributed by atoms with Gasteiger partial charge in [0.2, 0.25) is 12.5 Å². The van der Waals surface area contributed by atoms with Crippen LogP contribution in [-0.4, -0.2) is 55.4 Å². The Labute approximate surface area is 162 Å². The van der Waals surface area contributed by atoms with Crippen molar-refractivity contribution in [3.63, 3.8) is 0 Å². The number of fused-ring (bicyclic) bond motifs is 2. The molecule has 148 valence electrons. The molecule has 0 amide bonds. The van der Waals surface area contributed by atoms with Gasteiger partial charge in [0, 0.05) is 31.7 Å². The van der Waals surface area contributed by atoms with E-state index in [4.69, 9.17) is 14.2 Å². The van der Waals surface area contributed by atoms with Crippen molar-refractivity contribution in [2.45, 2.75) is 63.6 Å². The van der Waals surface area contributed by atoms with Crippen LogP contribution in [-0.2, 0) is 6.54 Å². The topological polar surface area (TPSA) is 34.2 Å². The van der Waals surface area contributed by atoms with Crippen molar-refractivity contribution in [1.82, 2.24) is 9.80 Å². The predicted molar refractivity (Wildman–Crippen MR) is 104 cm³/mol. The van der Waals surface area contributed by atoms with E-state index in [1.807, 2.05) is 0 Å². The van der Waals surface area contributed by atoms with Crippen molar-refractivity contribution in [3.8, 4) is 17.2 Å². The molecule has 0 N–H and O–H groups in total. The van der Waals surface area contributed by atoms with Crippen LogP contribution in [0.2, 0.25) is 0 Å². The van der Waals surface area contributed by atoms with Gasteiger partial charge in [-0.05, 0) is 55.8 Å². The maximum atomic E-state index is 5.65. The summed E-state index contributed by atoms with van der Waals surface area (Å²) in [4.78, 5) is 5.55. The highest BCUT2D eigenvalue weighted by atomic mass is 16.7. The number of methoxy groups -OCH3 is 1. The van der Waals surface area contributed by atoms with E-state index >= 15 is 0 Å². The Kier molecular flexibility index (Phi) is 4.91. The molecule has 1 aromatic carbocycles. The molecule has 0 radical (unpaired) electrons. The molecular formula is C22H32N2O3. The molecule has 3 heterocycles. The third kappa shape index (κ3) is 3.29. The lowest BCUT2D eigenvalue weighted by atomic mass is 9.78. The van der Waals surface area contributed by atoms with Crippen molar-refractivity contribution < 1.29 is 14.2 Å². The summed E-state index contributed by atoms with van der Waals surface area (Å²) < 4.78 is 16.8. The second-order valence-electron chi connectivity index (χ2n) is 8.64. The fourth-order valence-electron chi connectivity index (χ4n) is 5.95. The monoisotopic (exact) mass is 372 g/mol. The number of hydrogen-bond donors (Lipinski definition) is 0. The van der Waals surface area contributed by atoms with Crippen molar-refractivity contribution in [2.75, 3.05) is 33.5 Å². The van der Waals surface area contributed by atoms with Crippen molar-refractivity contribution in [3.05, 3.63) is 17.7 Å². The number of hydrogen-bond acceptors (Lipinski definition) is 5. The van der Waals surface area contributed by atoms with E-state index in [2.05, 4.69) is 21.9 Å². The van der Waals surface area contributed by atoms with Crippen LogP contribution < -0.4 is 14.2 Å². The van der Waals surface area contributed by atoms with E-state index in [0.717, 1.165) is 35.8 Å². The van der Waals surface area contributed by atoms with E-state index in [1.165, 1.54) is 70.1 Å². The summed E-state index contributed by atoms with van der Waals surface area (Å²) in [5.74, 6) is 3.25. The molecule has 1 aromatic rings. The normalized spacial score (nSPS) is 29.1. The second kappa shape index (κ2) is 7.51. The zero-order chi connectivity index (χ0) is 18.2. The molecule has 5 rings (SSSR count). The smallest absolute Gasteiger partial charge is 0.231 e. The summed E-state index contributed by atoms with van der Waals surface area (Å²) in [5, 5.41) is 0. The maximum absolute atomic E-state index is 5.65. The SMILES string of the molecule is COc1cc(CN2CCN3CCC[C@H]3[C@H]2C2CCCCC2)cc2c1OCO2. The van der Waals surface area contributed by atoms with Crippen LogP contribution in [0.5, 0.6) is 17.2 Å². The summed E-state index contributed by atoms with van der Waals surface area (Å²) in [6.45, 7) is 4.97. The fourth-order valence-corrected chi connectivity index (χ4v) is 5.95. The Bertz CT molecular complexity index is 674. The van der Waals surface area contributed by atoms with Crippen LogP contribution in [0.1, 0.15) is 50.5 Å². The van der Waals surface area contributed by atoms with E-state index in [9.17, 15) is 0 Å². The molecule has 0 aromatic heterocycles. The third-order valence-electron chi connectivity index (χ3n) is 7.14. The van der Waals surface area contributed by atoms with E-state index in [0.29, 0.717) is 12.8 Å². The Hall–Kier alpha value is -1.46. The Morgan fingerprint density at radius 1 is 1.00 bits per heavy atom. The summed E-state index contributed by atoms with van der Waals surface area (Å²) in [7, 11) is 1.71. The first kappa shape index (κ1) is 17.6. The van der Waals surface area contributed by atoms with Crippen LogP contribution in [0.4, 0.5) is 0 Å². The summed E-state index contributed by atoms with van der Waals surface area (Å²) >= 11 is 0. The molecule has 0 unspecified atom stereocenters. The molecule has 2 atom stereocenters. The first-order chi connectivity index (χ1) is 13.3. The van der Waals surface area contributed by atoms with Gasteiger partial charge >= 0.3 is 0 Å². The maximum Gasteiger partial charge on any atom is 0.231 e. The van der Waals surface area contributed by atoms with Gasteiger partial charge in [-0.15, -0.1) is 0 Å². The van der Waals surface area contributed by atoms with Gasteiger partial charge in [-0.3, -0.25) is 9.80 Å². The first-order valence-electron chi connectivity index (χ1n) is 10.8. The van der Waals surface area contributed by atoms with Crippen molar-refractivity contribution in [2.24, 2.45) is 5.92 Å². The zero-order valence-electron chi connectivity index (χ0n) is 16.5. The highest BCUT2D eigenvalue weighted by Gasteiger charge is 2.43. The predicted octanol–water partition coefficient (Wildman–Crippen LogP) is 3.65. The standard InChI is InChI=1S/C22H32N2O3/c1-25-19-12-16(13-20-22(19)27-15-26-20)14-24-11-10-23-9-5-8-18(23)21(24)17-6-3-2-4-7-17/h12-13,17-18,21H,2-11,14-15H2,1H3/t18-,21+/m0/s1. The van der Waals surface area contributed by atoms with Gasteiger partial charge < -0.3 is 14.2 Å². The molecule has 0 bridgehead atoms. The highest BCUT2D eigenvalue weighted by Crippen LogP contribution is 2.43. The van der Waals surface area contributed by atoms with Crippen LogP contribution >= 0.6 is 0 Å². The van der Waals surface area contributed by atoms with Gasteiger partial charge in [-0.1, -0.05) is 19.3 Å². The van der Waals surface area contributed by atoms with E-state index in [-0.39, 0.29) is 0 Å². The highest BCUT2D eigenvalue weighted by molar-refractivity contribution is 5.55. The van der Waals surface area contributed by atoms with Gasteiger partial charge in [0.05, 0.1) is 7.11 Å². The number of piperazine rings is 1. The number of ether oxygens (including phenoxy) is 3. The van der Waals surface area contributed by atoms with Crippen LogP contribution in [0, 0.1) is 5.92 Å². The molecule has 0 spiro atoms. The minimum atomic E-state index is 0.292. The number of benzene rings is 1. The summed E-state index contributed by atoms with van der Waals surface area (Å²) in [5.41, 5.74) is 1.28. The first-order valence-corrected chi connectivity index (χ1v) is 10.8. The molecule has 2 saturated heterocycles. The van der Waals surface area contributed by atoms with Crippen LogP contribution in [0.25, 0.3) is 0 Å². The van der Waals surface area contributed by atoms with Gasteiger partial charge in [0.15, 0.2) is 11.5 Å². The average Bonchev–Trinajstić information content (AvgIpc) is 3.37. The van der Waals surface area contributed by atoms with Gasteiger partial charge in [-0.25, -0.2) is 0 Å². The molecule has 5 heteroatoms. The third-order valence-corrected chi connectivity index (χ3v) is 7.14. The van der Waals surface area contributed by atoms with Crippen molar-refractivity contribution in [1.29, 1.82) is 0 Å². The molecular weight excluding hydrogens is 340 g/mol. The molecule has 3 fully saturated rings. The molecule has 3 aliphatic heterocycles. The van der Waals surface area contributed by atoms with Crippen molar-refractivity contribution >= 4 is 0 Å². The van der Waals surface area contributed by atoms with E-state index < -0.39 is 0 Å². The number of rotatable bonds is 4. The zero-order valence-corrected chi connectivity index (χ0v) is 16.5. The van der Waals surface area contributed by atoms with Crippen LogP contribution in [0.15, 0.2) is 12.1 Å². The van der Waals surface area contributed by atoms with Gasteiger partial charge in [-0.2, -0.15) is 0 Å². The molecule has 4 aliphatic rings. The second-order valence-corrected chi connectivity index (χ2v) is 8.64. The summed E-state index contributed by atoms with van der Waals surface area (Å²) in [6.07, 6.45) is 9.84. The number of nitrogens with zero attached hydrogens (tertiary/aromatic N) is 2. The Balaban J connectivity index is 1.40. The summed E-state index contributed by atoms with van der Waals surface area (Å²) in [6, 6.07) is 5.77.